The van der Waals surface area contributed by atoms with Crippen LogP contribution in [0.25, 0.3) is 0 Å². The fraction of sp³-hybridized carbons (Fsp3) is 1.00. The lowest BCUT2D eigenvalue weighted by Crippen LogP contribution is -2.64. The molecule has 0 aromatic carbocycles. The Kier molecular flexibility index (Phi) is 2.29. The molecule has 2 aliphatic heterocycles. The van der Waals surface area contributed by atoms with Crippen molar-refractivity contribution in [2.75, 3.05) is 19.7 Å². The summed E-state index contributed by atoms with van der Waals surface area (Å²) in [5.74, 6) is 0. The van der Waals surface area contributed by atoms with Crippen molar-refractivity contribution < 1.29 is 4.74 Å². The first kappa shape index (κ1) is 9.17. The van der Waals surface area contributed by atoms with Crippen LogP contribution in [0.4, 0.5) is 0 Å². The van der Waals surface area contributed by atoms with Crippen LogP contribution in [0, 0.1) is 0 Å². The number of hydrogen-bond acceptors (Lipinski definition) is 2. The summed E-state index contributed by atoms with van der Waals surface area (Å²) < 4.78 is 6.00. The highest BCUT2D eigenvalue weighted by Gasteiger charge is 2.48. The van der Waals surface area contributed by atoms with Crippen LogP contribution < -0.4 is 0 Å². The number of piperidine rings is 1. The van der Waals surface area contributed by atoms with E-state index in [-0.39, 0.29) is 0 Å². The van der Waals surface area contributed by atoms with E-state index in [1.54, 1.807) is 0 Å². The average Bonchev–Trinajstić information content (AvgIpc) is 2.26. The molecule has 1 spiro atoms. The summed E-state index contributed by atoms with van der Waals surface area (Å²) in [5, 5.41) is 0. The van der Waals surface area contributed by atoms with Gasteiger partial charge in [0, 0.05) is 12.1 Å². The zero-order valence-corrected chi connectivity index (χ0v) is 9.00. The van der Waals surface area contributed by atoms with Crippen molar-refractivity contribution in [1.29, 1.82) is 0 Å². The summed E-state index contributed by atoms with van der Waals surface area (Å²) in [6.45, 7) is 3.50. The molecule has 3 rings (SSSR count). The number of ether oxygens (including phenoxy) is 1. The lowest BCUT2D eigenvalue weighted by molar-refractivity contribution is -0.159. The second kappa shape index (κ2) is 3.49. The van der Waals surface area contributed by atoms with E-state index in [1.807, 2.05) is 0 Å². The Morgan fingerprint density at radius 3 is 2.79 bits per heavy atom. The molecule has 2 saturated heterocycles. The van der Waals surface area contributed by atoms with Crippen molar-refractivity contribution in [3.8, 4) is 0 Å². The molecule has 3 fully saturated rings. The van der Waals surface area contributed by atoms with Crippen LogP contribution >= 0.6 is 0 Å². The summed E-state index contributed by atoms with van der Waals surface area (Å²) in [6, 6.07) is 0. The first-order valence-corrected chi connectivity index (χ1v) is 6.28. The van der Waals surface area contributed by atoms with Crippen molar-refractivity contribution in [2.24, 2.45) is 0 Å². The van der Waals surface area contributed by atoms with Crippen molar-refractivity contribution in [3.05, 3.63) is 0 Å². The van der Waals surface area contributed by atoms with Crippen molar-refractivity contribution >= 4 is 0 Å². The lowest BCUT2D eigenvalue weighted by Gasteiger charge is -2.56. The minimum Gasteiger partial charge on any atom is -0.375 e. The van der Waals surface area contributed by atoms with E-state index in [4.69, 9.17) is 4.74 Å². The molecule has 1 aliphatic carbocycles. The molecule has 0 amide bonds. The second-order valence-electron chi connectivity index (χ2n) is 5.15. The van der Waals surface area contributed by atoms with Gasteiger partial charge >= 0.3 is 0 Å². The molecule has 0 aromatic rings. The Morgan fingerprint density at radius 1 is 1.00 bits per heavy atom. The van der Waals surface area contributed by atoms with Gasteiger partial charge in [-0.2, -0.15) is 0 Å². The average molecular weight is 195 g/mol. The quantitative estimate of drug-likeness (QED) is 0.587. The molecular formula is C12H21NO. The van der Waals surface area contributed by atoms with Crippen LogP contribution in [-0.4, -0.2) is 36.2 Å². The van der Waals surface area contributed by atoms with Crippen molar-refractivity contribution in [3.63, 3.8) is 0 Å². The van der Waals surface area contributed by atoms with Crippen LogP contribution in [0.2, 0.25) is 0 Å². The van der Waals surface area contributed by atoms with Gasteiger partial charge in [0.1, 0.15) is 0 Å². The van der Waals surface area contributed by atoms with E-state index in [9.17, 15) is 0 Å². The predicted molar refractivity (Wildman–Crippen MR) is 56.4 cm³/mol. The molecule has 80 valence electrons. The van der Waals surface area contributed by atoms with Crippen LogP contribution in [0.3, 0.4) is 0 Å². The number of hydrogen-bond donors (Lipinski definition) is 0. The Hall–Kier alpha value is -0.0800. The van der Waals surface area contributed by atoms with Crippen molar-refractivity contribution in [1.82, 2.24) is 4.90 Å². The topological polar surface area (TPSA) is 12.5 Å². The van der Waals surface area contributed by atoms with Gasteiger partial charge in [-0.3, -0.25) is 4.90 Å². The molecule has 0 radical (unpaired) electrons. The SMILES string of the molecule is C1CCC23CCCCN2CCOC3C1. The molecule has 0 aromatic heterocycles. The van der Waals surface area contributed by atoms with E-state index in [0.29, 0.717) is 11.6 Å². The minimum absolute atomic E-state index is 0.481. The monoisotopic (exact) mass is 195 g/mol. The van der Waals surface area contributed by atoms with Gasteiger partial charge in [0.2, 0.25) is 0 Å². The van der Waals surface area contributed by atoms with E-state index in [0.717, 1.165) is 6.61 Å². The minimum atomic E-state index is 0.481. The summed E-state index contributed by atoms with van der Waals surface area (Å²) in [4.78, 5) is 2.75. The molecule has 2 unspecified atom stereocenters. The standard InChI is InChI=1S/C12H21NO/c1-2-6-12-7-3-4-8-13(12)9-10-14-11(12)5-1/h11H,1-10H2. The maximum Gasteiger partial charge on any atom is 0.0759 e. The molecular weight excluding hydrogens is 174 g/mol. The molecule has 2 heteroatoms. The number of morpholine rings is 1. The van der Waals surface area contributed by atoms with Crippen LogP contribution in [0.15, 0.2) is 0 Å². The second-order valence-corrected chi connectivity index (χ2v) is 5.15. The summed E-state index contributed by atoms with van der Waals surface area (Å²) in [5.41, 5.74) is 0.481. The molecule has 0 bridgehead atoms. The van der Waals surface area contributed by atoms with Crippen molar-refractivity contribution in [2.45, 2.75) is 56.6 Å². The Bertz CT molecular complexity index is 190. The highest BCUT2D eigenvalue weighted by molar-refractivity contribution is 5.03. The highest BCUT2D eigenvalue weighted by atomic mass is 16.5. The van der Waals surface area contributed by atoms with Gasteiger partial charge in [-0.25, -0.2) is 0 Å². The van der Waals surface area contributed by atoms with Gasteiger partial charge in [0.05, 0.1) is 12.7 Å². The molecule has 14 heavy (non-hydrogen) atoms. The molecule has 2 nitrogen and oxygen atoms in total. The normalized spacial score (nSPS) is 44.1. The predicted octanol–water partition coefficient (Wildman–Crippen LogP) is 2.18. The number of nitrogens with zero attached hydrogens (tertiary/aromatic N) is 1. The smallest absolute Gasteiger partial charge is 0.0759 e. The maximum absolute atomic E-state index is 6.00. The third-order valence-corrected chi connectivity index (χ3v) is 4.52. The largest absolute Gasteiger partial charge is 0.375 e. The Balaban J connectivity index is 1.87. The zero-order valence-electron chi connectivity index (χ0n) is 9.00. The molecule has 1 saturated carbocycles. The first-order chi connectivity index (χ1) is 6.92. The first-order valence-electron chi connectivity index (χ1n) is 6.28. The fourth-order valence-corrected chi connectivity index (χ4v) is 3.83. The molecule has 2 atom stereocenters. The maximum atomic E-state index is 6.00. The lowest BCUT2D eigenvalue weighted by atomic mass is 9.72. The van der Waals surface area contributed by atoms with E-state index in [1.165, 1.54) is 58.0 Å². The van der Waals surface area contributed by atoms with E-state index >= 15 is 0 Å². The Labute approximate surface area is 86.6 Å². The summed E-state index contributed by atoms with van der Waals surface area (Å²) in [7, 11) is 0. The third-order valence-electron chi connectivity index (χ3n) is 4.52. The zero-order chi connectivity index (χ0) is 9.43. The van der Waals surface area contributed by atoms with Gasteiger partial charge in [0.25, 0.3) is 0 Å². The summed E-state index contributed by atoms with van der Waals surface area (Å²) >= 11 is 0. The highest BCUT2D eigenvalue weighted by Crippen LogP contribution is 2.43. The van der Waals surface area contributed by atoms with Crippen LogP contribution in [0.5, 0.6) is 0 Å². The molecule has 2 heterocycles. The van der Waals surface area contributed by atoms with Gasteiger partial charge in [-0.15, -0.1) is 0 Å². The van der Waals surface area contributed by atoms with Gasteiger partial charge in [0.15, 0.2) is 0 Å². The van der Waals surface area contributed by atoms with E-state index < -0.39 is 0 Å². The molecule has 3 aliphatic rings. The van der Waals surface area contributed by atoms with E-state index in [2.05, 4.69) is 4.90 Å². The number of rotatable bonds is 0. The van der Waals surface area contributed by atoms with Gasteiger partial charge in [-0.05, 0) is 32.2 Å². The third kappa shape index (κ3) is 1.24. The Morgan fingerprint density at radius 2 is 1.86 bits per heavy atom. The molecule has 0 N–H and O–H groups in total. The fourth-order valence-electron chi connectivity index (χ4n) is 3.83. The van der Waals surface area contributed by atoms with Gasteiger partial charge < -0.3 is 4.74 Å². The van der Waals surface area contributed by atoms with Crippen LogP contribution in [0.1, 0.15) is 44.9 Å². The summed E-state index contributed by atoms with van der Waals surface area (Å²) in [6.07, 6.45) is 10.3. The van der Waals surface area contributed by atoms with Gasteiger partial charge in [-0.1, -0.05) is 19.3 Å². The van der Waals surface area contributed by atoms with Crippen LogP contribution in [-0.2, 0) is 4.74 Å².